The van der Waals surface area contributed by atoms with Crippen molar-refractivity contribution in [3.8, 4) is 0 Å². The van der Waals surface area contributed by atoms with Gasteiger partial charge in [-0.25, -0.2) is 0 Å². The molecule has 0 spiro atoms. The third-order valence-electron chi connectivity index (χ3n) is 4.15. The lowest BCUT2D eigenvalue weighted by Crippen LogP contribution is -2.42. The average Bonchev–Trinajstić information content (AvgIpc) is 2.89. The van der Waals surface area contributed by atoms with Gasteiger partial charge in [0.15, 0.2) is 0 Å². The molecule has 2 heterocycles. The molecule has 0 saturated carbocycles. The number of nitrogens with one attached hydrogen (secondary N) is 1. The molecule has 2 saturated heterocycles. The quantitative estimate of drug-likeness (QED) is 0.853. The fraction of sp³-hybridized carbons (Fsp3) is 0.562. The van der Waals surface area contributed by atoms with Gasteiger partial charge in [0.25, 0.3) is 6.47 Å². The molecule has 20 heavy (non-hydrogen) atoms. The summed E-state index contributed by atoms with van der Waals surface area (Å²) in [6, 6.07) is 10.4. The number of piperidine rings is 1. The van der Waals surface area contributed by atoms with Crippen LogP contribution in [0.4, 0.5) is 0 Å². The van der Waals surface area contributed by atoms with E-state index in [-0.39, 0.29) is 0 Å². The minimum Gasteiger partial charge on any atom is -0.463 e. The van der Waals surface area contributed by atoms with Crippen molar-refractivity contribution < 1.29 is 9.53 Å². The summed E-state index contributed by atoms with van der Waals surface area (Å²) < 4.78 is 4.54. The van der Waals surface area contributed by atoms with Gasteiger partial charge in [0.2, 0.25) is 0 Å². The predicted octanol–water partition coefficient (Wildman–Crippen LogP) is 1.66. The number of ether oxygens (including phenoxy) is 1. The summed E-state index contributed by atoms with van der Waals surface area (Å²) in [4.78, 5) is 12.3. The van der Waals surface area contributed by atoms with E-state index in [1.54, 1.807) is 0 Å². The molecular weight excluding hydrogens is 252 g/mol. The molecule has 1 aromatic rings. The molecule has 2 aliphatic heterocycles. The largest absolute Gasteiger partial charge is 0.463 e. The van der Waals surface area contributed by atoms with Crippen LogP contribution in [0.25, 0.3) is 0 Å². The zero-order valence-corrected chi connectivity index (χ0v) is 12.1. The lowest BCUT2D eigenvalue weighted by molar-refractivity contribution is -0.129. The fourth-order valence-corrected chi connectivity index (χ4v) is 3.02. The zero-order valence-electron chi connectivity index (χ0n) is 12.1. The Morgan fingerprint density at radius 1 is 1.35 bits per heavy atom. The van der Waals surface area contributed by atoms with E-state index in [4.69, 9.17) is 0 Å². The first kappa shape index (κ1) is 15.0. The zero-order chi connectivity index (χ0) is 14.2. The number of hydrogen-bond acceptors (Lipinski definition) is 4. The van der Waals surface area contributed by atoms with E-state index >= 15 is 0 Å². The van der Waals surface area contributed by atoms with Gasteiger partial charge in [0.05, 0.1) is 0 Å². The summed E-state index contributed by atoms with van der Waals surface area (Å²) in [7, 11) is 2.26. The van der Waals surface area contributed by atoms with E-state index in [2.05, 4.69) is 22.0 Å². The van der Waals surface area contributed by atoms with Crippen LogP contribution in [0.15, 0.2) is 30.3 Å². The van der Waals surface area contributed by atoms with E-state index in [1.807, 2.05) is 30.3 Å². The Kier molecular flexibility index (Phi) is 6.02. The molecule has 2 atom stereocenters. The topological polar surface area (TPSA) is 41.6 Å². The molecule has 0 aliphatic carbocycles. The van der Waals surface area contributed by atoms with Gasteiger partial charge in [0.1, 0.15) is 6.61 Å². The number of benzene rings is 1. The van der Waals surface area contributed by atoms with Crippen molar-refractivity contribution >= 4 is 6.47 Å². The highest BCUT2D eigenvalue weighted by Gasteiger charge is 2.32. The van der Waals surface area contributed by atoms with Crippen molar-refractivity contribution in [3.63, 3.8) is 0 Å². The highest BCUT2D eigenvalue weighted by molar-refractivity contribution is 5.37. The summed E-state index contributed by atoms with van der Waals surface area (Å²) in [6.45, 7) is 4.62. The molecular formula is C16H24N2O2. The summed E-state index contributed by atoms with van der Waals surface area (Å²) in [6.07, 6.45) is 2.77. The molecule has 4 nitrogen and oxygen atoms in total. The summed E-state index contributed by atoms with van der Waals surface area (Å²) in [5, 5.41) is 3.45. The number of rotatable bonds is 3. The lowest BCUT2D eigenvalue weighted by Gasteiger charge is -2.29. The highest BCUT2D eigenvalue weighted by atomic mass is 16.5. The van der Waals surface area contributed by atoms with Gasteiger partial charge in [-0.1, -0.05) is 30.3 Å². The molecule has 0 aromatic heterocycles. The van der Waals surface area contributed by atoms with E-state index in [1.165, 1.54) is 32.5 Å². The standard InChI is InChI=1S/C8H16N2.C8H8O2/c1-10-5-3-7-6-9-4-2-8(7)10;9-7-10-6-8-4-2-1-3-5-8/h7-9H,2-6H2,1H3;1-5,7H,6H2/t7-,8+;/m1./s1. The molecule has 110 valence electrons. The number of likely N-dealkylation sites (tertiary alicyclic amines) is 1. The van der Waals surface area contributed by atoms with Gasteiger partial charge in [-0.3, -0.25) is 4.79 Å². The van der Waals surface area contributed by atoms with Gasteiger partial charge in [-0.15, -0.1) is 0 Å². The number of carbonyl (C=O) groups is 1. The van der Waals surface area contributed by atoms with Crippen LogP contribution in [-0.4, -0.2) is 44.1 Å². The maximum Gasteiger partial charge on any atom is 0.293 e. The van der Waals surface area contributed by atoms with Gasteiger partial charge >= 0.3 is 0 Å². The minimum atomic E-state index is 0.365. The van der Waals surface area contributed by atoms with Crippen LogP contribution in [0, 0.1) is 5.92 Å². The average molecular weight is 276 g/mol. The monoisotopic (exact) mass is 276 g/mol. The van der Waals surface area contributed by atoms with Crippen LogP contribution in [0.2, 0.25) is 0 Å². The second kappa shape index (κ2) is 8.02. The molecule has 4 heteroatoms. The molecule has 1 N–H and O–H groups in total. The van der Waals surface area contributed by atoms with Crippen LogP contribution in [0.5, 0.6) is 0 Å². The molecule has 0 unspecified atom stereocenters. The van der Waals surface area contributed by atoms with Gasteiger partial charge in [-0.2, -0.15) is 0 Å². The molecule has 1 aromatic carbocycles. The first-order valence-electron chi connectivity index (χ1n) is 7.31. The van der Waals surface area contributed by atoms with Crippen molar-refractivity contribution in [2.75, 3.05) is 26.7 Å². The second-order valence-electron chi connectivity index (χ2n) is 5.48. The van der Waals surface area contributed by atoms with Gasteiger partial charge in [0, 0.05) is 6.04 Å². The van der Waals surface area contributed by atoms with Crippen LogP contribution >= 0.6 is 0 Å². The first-order chi connectivity index (χ1) is 9.81. The molecule has 0 amide bonds. The lowest BCUT2D eigenvalue weighted by atomic mass is 9.94. The van der Waals surface area contributed by atoms with E-state index in [0.29, 0.717) is 13.1 Å². The van der Waals surface area contributed by atoms with E-state index in [0.717, 1.165) is 17.5 Å². The van der Waals surface area contributed by atoms with Crippen LogP contribution in [0.3, 0.4) is 0 Å². The first-order valence-corrected chi connectivity index (χ1v) is 7.31. The molecule has 3 rings (SSSR count). The highest BCUT2D eigenvalue weighted by Crippen LogP contribution is 2.26. The Balaban J connectivity index is 0.000000147. The Bertz CT molecular complexity index is 395. The van der Waals surface area contributed by atoms with E-state index < -0.39 is 0 Å². The number of nitrogens with zero attached hydrogens (tertiary/aromatic N) is 1. The number of fused-ring (bicyclic) bond motifs is 1. The second-order valence-corrected chi connectivity index (χ2v) is 5.48. The van der Waals surface area contributed by atoms with Crippen LogP contribution in [0.1, 0.15) is 18.4 Å². The van der Waals surface area contributed by atoms with E-state index in [9.17, 15) is 4.79 Å². The van der Waals surface area contributed by atoms with Crippen LogP contribution < -0.4 is 5.32 Å². The van der Waals surface area contributed by atoms with Crippen molar-refractivity contribution in [1.29, 1.82) is 0 Å². The third-order valence-corrected chi connectivity index (χ3v) is 4.15. The van der Waals surface area contributed by atoms with Crippen molar-refractivity contribution in [2.24, 2.45) is 5.92 Å². The smallest absolute Gasteiger partial charge is 0.293 e. The SMILES string of the molecule is CN1CC[C@@H]2CNCC[C@@H]21.O=COCc1ccccc1. The van der Waals surface area contributed by atoms with Gasteiger partial charge in [-0.05, 0) is 51.0 Å². The molecule has 0 bridgehead atoms. The predicted molar refractivity (Wildman–Crippen MR) is 79.3 cm³/mol. The number of carbonyl (C=O) groups excluding carboxylic acids is 1. The molecule has 0 radical (unpaired) electrons. The third kappa shape index (κ3) is 4.32. The summed E-state index contributed by atoms with van der Waals surface area (Å²) in [5.41, 5.74) is 1.01. The Morgan fingerprint density at radius 2 is 2.15 bits per heavy atom. The summed E-state index contributed by atoms with van der Waals surface area (Å²) >= 11 is 0. The molecule has 2 aliphatic rings. The van der Waals surface area contributed by atoms with Crippen molar-refractivity contribution in [2.45, 2.75) is 25.5 Å². The van der Waals surface area contributed by atoms with Crippen molar-refractivity contribution in [3.05, 3.63) is 35.9 Å². The van der Waals surface area contributed by atoms with Gasteiger partial charge < -0.3 is 15.0 Å². The fourth-order valence-electron chi connectivity index (χ4n) is 3.02. The summed E-state index contributed by atoms with van der Waals surface area (Å²) in [5.74, 6) is 0.957. The maximum atomic E-state index is 9.76. The number of hydrogen-bond donors (Lipinski definition) is 1. The van der Waals surface area contributed by atoms with Crippen LogP contribution in [-0.2, 0) is 16.1 Å². The Labute approximate surface area is 121 Å². The Morgan fingerprint density at radius 3 is 2.85 bits per heavy atom. The normalized spacial score (nSPS) is 25.2. The molecule has 2 fully saturated rings. The minimum absolute atomic E-state index is 0.365. The van der Waals surface area contributed by atoms with Crippen molar-refractivity contribution in [1.82, 2.24) is 10.2 Å². The maximum absolute atomic E-state index is 9.76. The Hall–Kier alpha value is -1.39.